The van der Waals surface area contributed by atoms with Crippen LogP contribution in [0.15, 0.2) is 54.6 Å². The van der Waals surface area contributed by atoms with Gasteiger partial charge in [0, 0.05) is 15.5 Å². The van der Waals surface area contributed by atoms with Gasteiger partial charge in [0.05, 0.1) is 6.61 Å². The van der Waals surface area contributed by atoms with Gasteiger partial charge in [-0.3, -0.25) is 14.9 Å². The van der Waals surface area contributed by atoms with E-state index in [2.05, 4.69) is 0 Å². The second-order valence-corrected chi connectivity index (χ2v) is 6.12. The molecular weight excluding hydrogens is 377 g/mol. The van der Waals surface area contributed by atoms with E-state index < -0.39 is 34.8 Å². The number of rotatable bonds is 8. The van der Waals surface area contributed by atoms with Crippen molar-refractivity contribution in [2.24, 2.45) is 0 Å². The first-order chi connectivity index (χ1) is 12.8. The monoisotopic (exact) mass is 393 g/mol. The molecule has 2 atom stereocenters. The highest BCUT2D eigenvalue weighted by Crippen LogP contribution is 2.39. The van der Waals surface area contributed by atoms with Crippen molar-refractivity contribution >= 4 is 23.4 Å². The third-order valence-corrected chi connectivity index (χ3v) is 4.38. The SMILES string of the molecule is CCOC(=O)[C@](F)(C(=O)c1ccccc1)[C@@H](C[N+](=O)[O-])c1ccccc1Cl. The fourth-order valence-corrected chi connectivity index (χ4v) is 3.04. The Morgan fingerprint density at radius 3 is 2.33 bits per heavy atom. The minimum absolute atomic E-state index is 0.0107. The van der Waals surface area contributed by atoms with E-state index in [0.29, 0.717) is 0 Å². The van der Waals surface area contributed by atoms with Crippen molar-refractivity contribution in [3.05, 3.63) is 80.9 Å². The lowest BCUT2D eigenvalue weighted by atomic mass is 9.78. The van der Waals surface area contributed by atoms with Crippen LogP contribution in [0.3, 0.4) is 0 Å². The maximum atomic E-state index is 16.2. The second-order valence-electron chi connectivity index (χ2n) is 5.72. The molecule has 0 N–H and O–H groups in total. The fourth-order valence-electron chi connectivity index (χ4n) is 2.77. The number of hydrogen-bond donors (Lipinski definition) is 0. The number of Topliss-reactive ketones (excluding diaryl/α,β-unsaturated/α-hetero) is 1. The van der Waals surface area contributed by atoms with E-state index in [9.17, 15) is 19.7 Å². The van der Waals surface area contributed by atoms with Crippen molar-refractivity contribution in [3.63, 3.8) is 0 Å². The zero-order valence-electron chi connectivity index (χ0n) is 14.4. The summed E-state index contributed by atoms with van der Waals surface area (Å²) in [6.45, 7) is 0.237. The topological polar surface area (TPSA) is 86.5 Å². The fraction of sp³-hybridized carbons (Fsp3) is 0.263. The van der Waals surface area contributed by atoms with Crippen molar-refractivity contribution in [1.82, 2.24) is 0 Å². The molecule has 6 nitrogen and oxygen atoms in total. The molecule has 0 bridgehead atoms. The van der Waals surface area contributed by atoms with Gasteiger partial charge >= 0.3 is 5.97 Å². The summed E-state index contributed by atoms with van der Waals surface area (Å²) in [6, 6.07) is 13.1. The highest BCUT2D eigenvalue weighted by molar-refractivity contribution is 6.31. The van der Waals surface area contributed by atoms with Crippen LogP contribution in [0.4, 0.5) is 4.39 Å². The predicted octanol–water partition coefficient (Wildman–Crippen LogP) is 3.85. The largest absolute Gasteiger partial charge is 0.463 e. The average molecular weight is 394 g/mol. The molecule has 0 amide bonds. The Balaban J connectivity index is 2.67. The summed E-state index contributed by atoms with van der Waals surface area (Å²) < 4.78 is 20.9. The molecule has 2 rings (SSSR count). The standard InChI is InChI=1S/C19H17ClFNO5/c1-2-27-18(24)19(21,17(23)13-8-4-3-5-9-13)15(12-22(25)26)14-10-6-7-11-16(14)20/h3-11,15H,2,12H2,1H3/t15-,19+/m0/s1. The molecule has 0 radical (unpaired) electrons. The molecule has 0 fully saturated rings. The van der Waals surface area contributed by atoms with E-state index in [1.807, 2.05) is 0 Å². The lowest BCUT2D eigenvalue weighted by Gasteiger charge is -2.29. The molecule has 2 aromatic carbocycles. The van der Waals surface area contributed by atoms with Crippen LogP contribution in [-0.4, -0.2) is 35.5 Å². The van der Waals surface area contributed by atoms with Gasteiger partial charge in [-0.25, -0.2) is 9.18 Å². The number of esters is 1. The maximum Gasteiger partial charge on any atom is 0.353 e. The van der Waals surface area contributed by atoms with Crippen LogP contribution in [0.2, 0.25) is 5.02 Å². The van der Waals surface area contributed by atoms with Crippen LogP contribution in [0.1, 0.15) is 28.8 Å². The van der Waals surface area contributed by atoms with Gasteiger partial charge < -0.3 is 4.74 Å². The van der Waals surface area contributed by atoms with Crippen LogP contribution in [-0.2, 0) is 9.53 Å². The first kappa shape index (κ1) is 20.5. The molecule has 27 heavy (non-hydrogen) atoms. The molecule has 142 valence electrons. The van der Waals surface area contributed by atoms with Crippen LogP contribution < -0.4 is 0 Å². The highest BCUT2D eigenvalue weighted by Gasteiger charge is 2.57. The Morgan fingerprint density at radius 1 is 1.19 bits per heavy atom. The average Bonchev–Trinajstić information content (AvgIpc) is 2.66. The number of nitrogens with zero attached hydrogens (tertiary/aromatic N) is 1. The summed E-state index contributed by atoms with van der Waals surface area (Å²) in [5.41, 5.74) is -3.43. The molecule has 0 spiro atoms. The quantitative estimate of drug-likeness (QED) is 0.223. The van der Waals surface area contributed by atoms with Crippen LogP contribution in [0.5, 0.6) is 0 Å². The molecule has 0 aliphatic rings. The van der Waals surface area contributed by atoms with Gasteiger partial charge in [-0.2, -0.15) is 0 Å². The van der Waals surface area contributed by atoms with Crippen molar-refractivity contribution in [2.45, 2.75) is 18.5 Å². The van der Waals surface area contributed by atoms with Gasteiger partial charge in [-0.15, -0.1) is 0 Å². The van der Waals surface area contributed by atoms with E-state index >= 15 is 4.39 Å². The Hall–Kier alpha value is -2.80. The number of carbonyl (C=O) groups excluding carboxylic acids is 2. The van der Waals surface area contributed by atoms with E-state index in [1.54, 1.807) is 12.1 Å². The van der Waals surface area contributed by atoms with E-state index in [1.165, 1.54) is 49.4 Å². The summed E-state index contributed by atoms with van der Waals surface area (Å²) in [4.78, 5) is 35.9. The van der Waals surface area contributed by atoms with Gasteiger partial charge in [0.25, 0.3) is 5.67 Å². The molecule has 0 heterocycles. The number of benzene rings is 2. The summed E-state index contributed by atoms with van der Waals surface area (Å²) in [5, 5.41) is 11.2. The molecule has 2 aromatic rings. The maximum absolute atomic E-state index is 16.2. The summed E-state index contributed by atoms with van der Waals surface area (Å²) in [5.74, 6) is -4.45. The van der Waals surface area contributed by atoms with Crippen LogP contribution >= 0.6 is 11.6 Å². The number of ketones is 1. The van der Waals surface area contributed by atoms with Crippen molar-refractivity contribution in [1.29, 1.82) is 0 Å². The van der Waals surface area contributed by atoms with Gasteiger partial charge in [0.1, 0.15) is 5.92 Å². The number of alkyl halides is 1. The van der Waals surface area contributed by atoms with Crippen molar-refractivity contribution < 1.29 is 23.6 Å². The Labute approximate surface area is 160 Å². The van der Waals surface area contributed by atoms with E-state index in [-0.39, 0.29) is 22.8 Å². The van der Waals surface area contributed by atoms with Gasteiger partial charge in [0.15, 0.2) is 0 Å². The minimum Gasteiger partial charge on any atom is -0.463 e. The summed E-state index contributed by atoms with van der Waals surface area (Å²) >= 11 is 6.09. The van der Waals surface area contributed by atoms with Gasteiger partial charge in [0.2, 0.25) is 12.3 Å². The molecular formula is C19H17ClFNO5. The Morgan fingerprint density at radius 2 is 1.78 bits per heavy atom. The van der Waals surface area contributed by atoms with Crippen LogP contribution in [0.25, 0.3) is 0 Å². The molecule has 0 saturated carbocycles. The predicted molar refractivity (Wildman–Crippen MR) is 97.3 cm³/mol. The normalized spacial score (nSPS) is 14.0. The number of carbonyl (C=O) groups is 2. The van der Waals surface area contributed by atoms with E-state index in [4.69, 9.17) is 16.3 Å². The Kier molecular flexibility index (Phi) is 6.63. The molecule has 0 aliphatic carbocycles. The lowest BCUT2D eigenvalue weighted by Crippen LogP contribution is -2.51. The number of hydrogen-bond acceptors (Lipinski definition) is 5. The third-order valence-electron chi connectivity index (χ3n) is 4.03. The zero-order valence-corrected chi connectivity index (χ0v) is 15.2. The van der Waals surface area contributed by atoms with Crippen molar-refractivity contribution in [2.75, 3.05) is 13.2 Å². The highest BCUT2D eigenvalue weighted by atomic mass is 35.5. The summed E-state index contributed by atoms with van der Waals surface area (Å²) in [6.07, 6.45) is 0. The number of halogens is 2. The molecule has 0 aliphatic heterocycles. The smallest absolute Gasteiger partial charge is 0.353 e. The van der Waals surface area contributed by atoms with Crippen molar-refractivity contribution in [3.8, 4) is 0 Å². The van der Waals surface area contributed by atoms with Crippen LogP contribution in [0, 0.1) is 10.1 Å². The number of nitro groups is 1. The van der Waals surface area contributed by atoms with E-state index in [0.717, 1.165) is 0 Å². The first-order valence-corrected chi connectivity index (χ1v) is 8.52. The Bertz CT molecular complexity index is 845. The third kappa shape index (κ3) is 4.31. The summed E-state index contributed by atoms with van der Waals surface area (Å²) in [7, 11) is 0. The molecule has 8 heteroatoms. The zero-order chi connectivity index (χ0) is 20.0. The molecule has 0 unspecified atom stereocenters. The minimum atomic E-state index is -3.31. The van der Waals surface area contributed by atoms with Gasteiger partial charge in [-0.1, -0.05) is 60.1 Å². The first-order valence-electron chi connectivity index (χ1n) is 8.14. The number of ether oxygens (including phenoxy) is 1. The molecule has 0 aromatic heterocycles. The molecule has 0 saturated heterocycles. The van der Waals surface area contributed by atoms with Gasteiger partial charge in [-0.05, 0) is 18.6 Å². The lowest BCUT2D eigenvalue weighted by molar-refractivity contribution is -0.485. The second kappa shape index (κ2) is 8.73.